The molecule has 0 aliphatic rings. The van der Waals surface area contributed by atoms with Crippen molar-refractivity contribution in [3.05, 3.63) is 53.7 Å². The summed E-state index contributed by atoms with van der Waals surface area (Å²) in [5.41, 5.74) is 1.19. The molecule has 0 aliphatic carbocycles. The second-order valence-corrected chi connectivity index (χ2v) is 5.56. The van der Waals surface area contributed by atoms with E-state index in [0.717, 1.165) is 5.39 Å². The molecule has 3 aromatic rings. The van der Waals surface area contributed by atoms with Crippen LogP contribution in [0.5, 0.6) is 5.75 Å². The number of carbonyl (C=O) groups excluding carboxylic acids is 1. The first kappa shape index (κ1) is 16.6. The largest absolute Gasteiger partial charge is 0.497 e. The number of hydrogen-bond acceptors (Lipinski definition) is 5. The third-order valence-corrected chi connectivity index (χ3v) is 3.92. The summed E-state index contributed by atoms with van der Waals surface area (Å²) in [5.74, 6) is -0.438. The number of aryl methyl sites for hydroxylation is 1. The van der Waals surface area contributed by atoms with Gasteiger partial charge >= 0.3 is 5.97 Å². The fourth-order valence-electron chi connectivity index (χ4n) is 2.66. The van der Waals surface area contributed by atoms with Gasteiger partial charge in [0.05, 0.1) is 25.8 Å². The Morgan fingerprint density at radius 3 is 2.76 bits per heavy atom. The van der Waals surface area contributed by atoms with Crippen LogP contribution in [0.3, 0.4) is 0 Å². The Morgan fingerprint density at radius 2 is 2.12 bits per heavy atom. The minimum atomic E-state index is -1.05. The molecule has 1 amide bonds. The Hall–Kier alpha value is -3.22. The number of rotatable bonds is 6. The van der Waals surface area contributed by atoms with Crippen molar-refractivity contribution >= 4 is 22.8 Å². The van der Waals surface area contributed by atoms with Crippen LogP contribution in [0.15, 0.2) is 45.4 Å². The molecule has 7 nitrogen and oxygen atoms in total. The molecule has 1 atom stereocenters. The lowest BCUT2D eigenvalue weighted by Gasteiger charge is -2.13. The zero-order chi connectivity index (χ0) is 18.0. The lowest BCUT2D eigenvalue weighted by atomic mass is 10.1. The summed E-state index contributed by atoms with van der Waals surface area (Å²) in [6, 6.07) is 7.75. The number of aliphatic carboxylic acids is 1. The highest BCUT2D eigenvalue weighted by atomic mass is 16.5. The van der Waals surface area contributed by atoms with Gasteiger partial charge in [-0.1, -0.05) is 0 Å². The molecule has 25 heavy (non-hydrogen) atoms. The first-order valence-corrected chi connectivity index (χ1v) is 7.62. The van der Waals surface area contributed by atoms with Crippen molar-refractivity contribution in [1.29, 1.82) is 0 Å². The number of amides is 1. The minimum absolute atomic E-state index is 0.130. The van der Waals surface area contributed by atoms with Crippen molar-refractivity contribution in [3.8, 4) is 5.75 Å². The zero-order valence-corrected chi connectivity index (χ0v) is 13.7. The standard InChI is InChI=1S/C18H17NO6/c1-10-12-6-5-11(23-2)8-15(12)25-17(10)18(22)19-13(9-16(20)21)14-4-3-7-24-14/h3-8,13H,9H2,1-2H3,(H,19,22)(H,20,21). The van der Waals surface area contributed by atoms with E-state index in [1.807, 2.05) is 6.07 Å². The lowest BCUT2D eigenvalue weighted by Crippen LogP contribution is -2.30. The summed E-state index contributed by atoms with van der Waals surface area (Å²) in [5, 5.41) is 12.5. The van der Waals surface area contributed by atoms with Gasteiger partial charge in [0.15, 0.2) is 5.76 Å². The second-order valence-electron chi connectivity index (χ2n) is 5.56. The number of carboxylic acid groups (broad SMARTS) is 1. The lowest BCUT2D eigenvalue weighted by molar-refractivity contribution is -0.137. The Bertz CT molecular complexity index is 909. The van der Waals surface area contributed by atoms with Gasteiger partial charge in [-0.25, -0.2) is 0 Å². The van der Waals surface area contributed by atoms with Crippen molar-refractivity contribution in [2.45, 2.75) is 19.4 Å². The molecule has 2 N–H and O–H groups in total. The average Bonchev–Trinajstić information content (AvgIpc) is 3.22. The Labute approximate surface area is 143 Å². The van der Waals surface area contributed by atoms with Gasteiger partial charge in [-0.05, 0) is 31.2 Å². The molecule has 0 bridgehead atoms. The van der Waals surface area contributed by atoms with Crippen molar-refractivity contribution in [2.75, 3.05) is 7.11 Å². The summed E-state index contributed by atoms with van der Waals surface area (Å²) in [7, 11) is 1.55. The van der Waals surface area contributed by atoms with Crippen LogP contribution in [0.2, 0.25) is 0 Å². The first-order valence-electron chi connectivity index (χ1n) is 7.62. The fourth-order valence-corrected chi connectivity index (χ4v) is 2.66. The number of carbonyl (C=O) groups is 2. The Kier molecular flexibility index (Phi) is 4.47. The van der Waals surface area contributed by atoms with Gasteiger partial charge in [0, 0.05) is 17.0 Å². The number of nitrogens with one attached hydrogen (secondary N) is 1. The second kappa shape index (κ2) is 6.72. The number of hydrogen-bond donors (Lipinski definition) is 2. The quantitative estimate of drug-likeness (QED) is 0.712. The zero-order valence-electron chi connectivity index (χ0n) is 13.7. The number of fused-ring (bicyclic) bond motifs is 1. The molecule has 2 aromatic heterocycles. The van der Waals surface area contributed by atoms with Crippen LogP contribution >= 0.6 is 0 Å². The van der Waals surface area contributed by atoms with Crippen LogP contribution in [0.25, 0.3) is 11.0 Å². The summed E-state index contributed by atoms with van der Waals surface area (Å²) in [6.07, 6.45) is 1.13. The van der Waals surface area contributed by atoms with Crippen LogP contribution in [0.1, 0.15) is 34.3 Å². The van der Waals surface area contributed by atoms with Gasteiger partial charge in [-0.3, -0.25) is 9.59 Å². The van der Waals surface area contributed by atoms with Crippen molar-refractivity contribution in [2.24, 2.45) is 0 Å². The molecule has 3 rings (SSSR count). The molecule has 130 valence electrons. The summed E-state index contributed by atoms with van der Waals surface area (Å²) < 4.78 is 16.0. The van der Waals surface area contributed by atoms with Crippen molar-refractivity contribution in [3.63, 3.8) is 0 Å². The van der Waals surface area contributed by atoms with Gasteiger partial charge in [0.25, 0.3) is 5.91 Å². The van der Waals surface area contributed by atoms with Crippen LogP contribution in [-0.4, -0.2) is 24.1 Å². The maximum absolute atomic E-state index is 12.6. The predicted molar refractivity (Wildman–Crippen MR) is 88.7 cm³/mol. The highest BCUT2D eigenvalue weighted by Gasteiger charge is 2.25. The number of furan rings is 2. The highest BCUT2D eigenvalue weighted by Crippen LogP contribution is 2.29. The third-order valence-electron chi connectivity index (χ3n) is 3.92. The summed E-state index contributed by atoms with van der Waals surface area (Å²) >= 11 is 0. The third kappa shape index (κ3) is 3.35. The van der Waals surface area contributed by atoms with Crippen LogP contribution in [-0.2, 0) is 4.79 Å². The molecule has 0 aliphatic heterocycles. The molecular weight excluding hydrogens is 326 g/mol. The molecule has 1 unspecified atom stereocenters. The number of ether oxygens (including phenoxy) is 1. The van der Waals surface area contributed by atoms with Gasteiger partial charge < -0.3 is 24.0 Å². The molecule has 0 fully saturated rings. The monoisotopic (exact) mass is 343 g/mol. The predicted octanol–water partition coefficient (Wildman–Crippen LogP) is 3.29. The number of benzene rings is 1. The van der Waals surface area contributed by atoms with E-state index >= 15 is 0 Å². The smallest absolute Gasteiger partial charge is 0.305 e. The molecule has 0 radical (unpaired) electrons. The summed E-state index contributed by atoms with van der Waals surface area (Å²) in [4.78, 5) is 23.7. The number of carboxylic acids is 1. The Morgan fingerprint density at radius 1 is 1.32 bits per heavy atom. The van der Waals surface area contributed by atoms with Crippen molar-refractivity contribution in [1.82, 2.24) is 5.32 Å². The van der Waals surface area contributed by atoms with Crippen LogP contribution in [0.4, 0.5) is 0 Å². The van der Waals surface area contributed by atoms with E-state index in [2.05, 4.69) is 5.32 Å². The van der Waals surface area contributed by atoms with E-state index in [1.54, 1.807) is 38.3 Å². The van der Waals surface area contributed by atoms with Crippen molar-refractivity contribution < 1.29 is 28.3 Å². The van der Waals surface area contributed by atoms with E-state index in [0.29, 0.717) is 22.7 Å². The van der Waals surface area contributed by atoms with Gasteiger partial charge in [-0.2, -0.15) is 0 Å². The maximum atomic E-state index is 12.6. The highest BCUT2D eigenvalue weighted by molar-refractivity contribution is 5.99. The normalized spacial score (nSPS) is 12.1. The topological polar surface area (TPSA) is 102 Å². The molecule has 2 heterocycles. The molecular formula is C18H17NO6. The maximum Gasteiger partial charge on any atom is 0.305 e. The molecule has 0 saturated carbocycles. The average molecular weight is 343 g/mol. The van der Waals surface area contributed by atoms with Gasteiger partial charge in [0.2, 0.25) is 0 Å². The number of methoxy groups -OCH3 is 1. The van der Waals surface area contributed by atoms with Gasteiger partial charge in [-0.15, -0.1) is 0 Å². The SMILES string of the molecule is COc1ccc2c(C)c(C(=O)NC(CC(=O)O)c3ccco3)oc2c1. The molecule has 0 spiro atoms. The minimum Gasteiger partial charge on any atom is -0.497 e. The molecule has 7 heteroatoms. The fraction of sp³-hybridized carbons (Fsp3) is 0.222. The van der Waals surface area contributed by atoms with Crippen LogP contribution < -0.4 is 10.1 Å². The first-order chi connectivity index (χ1) is 12.0. The van der Waals surface area contributed by atoms with E-state index in [9.17, 15) is 9.59 Å². The summed E-state index contributed by atoms with van der Waals surface area (Å²) in [6.45, 7) is 1.77. The van der Waals surface area contributed by atoms with Crippen LogP contribution in [0, 0.1) is 6.92 Å². The van der Waals surface area contributed by atoms with Gasteiger partial charge in [0.1, 0.15) is 17.1 Å². The van der Waals surface area contributed by atoms with E-state index in [1.165, 1.54) is 6.26 Å². The van der Waals surface area contributed by atoms with E-state index in [4.69, 9.17) is 18.7 Å². The van der Waals surface area contributed by atoms with E-state index < -0.39 is 17.9 Å². The molecule has 1 aromatic carbocycles. The Balaban J connectivity index is 1.90. The van der Waals surface area contributed by atoms with E-state index in [-0.39, 0.29) is 12.2 Å². The molecule has 0 saturated heterocycles.